The van der Waals surface area contributed by atoms with Crippen LogP contribution in [-0.4, -0.2) is 51.3 Å². The van der Waals surface area contributed by atoms with Crippen LogP contribution in [0, 0.1) is 0 Å². The molecule has 2 rings (SSSR count). The molecule has 1 aromatic rings. The van der Waals surface area contributed by atoms with Gasteiger partial charge in [-0.3, -0.25) is 15.1 Å². The molecule has 2 heterocycles. The molecule has 0 aromatic carbocycles. The molecule has 1 aromatic heterocycles. The summed E-state index contributed by atoms with van der Waals surface area (Å²) in [6.45, 7) is 5.79. The minimum absolute atomic E-state index is 0.0735. The predicted octanol–water partition coefficient (Wildman–Crippen LogP) is 1.25. The average Bonchev–Trinajstić information content (AvgIpc) is 2.36. The average molecular weight is 307 g/mol. The molecule has 22 heavy (non-hydrogen) atoms. The molecular formula is C15H21N3O4. The van der Waals surface area contributed by atoms with E-state index in [2.05, 4.69) is 10.3 Å². The van der Waals surface area contributed by atoms with Crippen molar-refractivity contribution in [3.05, 3.63) is 30.1 Å². The second-order valence-corrected chi connectivity index (χ2v) is 6.40. The highest BCUT2D eigenvalue weighted by Crippen LogP contribution is 2.24. The fourth-order valence-corrected chi connectivity index (χ4v) is 2.15. The van der Waals surface area contributed by atoms with E-state index in [0.717, 1.165) is 5.69 Å². The first-order chi connectivity index (χ1) is 10.2. The largest absolute Gasteiger partial charge is 0.480 e. The lowest BCUT2D eigenvalue weighted by molar-refractivity contribution is -0.152. The Morgan fingerprint density at radius 1 is 1.41 bits per heavy atom. The highest BCUT2D eigenvalue weighted by atomic mass is 16.6. The van der Waals surface area contributed by atoms with Crippen molar-refractivity contribution in [2.75, 3.05) is 13.1 Å². The Labute approximate surface area is 129 Å². The molecule has 0 unspecified atom stereocenters. The maximum Gasteiger partial charge on any atom is 0.410 e. The Balaban J connectivity index is 1.93. The SMILES string of the molecule is CC(C)(C)OC(=O)N1CC(NCc2ccccn2)(C(=O)O)C1. The van der Waals surface area contributed by atoms with E-state index in [1.54, 1.807) is 33.0 Å². The fraction of sp³-hybridized carbons (Fsp3) is 0.533. The number of hydrogen-bond acceptors (Lipinski definition) is 5. The number of ether oxygens (including phenoxy) is 1. The Bertz CT molecular complexity index is 548. The van der Waals surface area contributed by atoms with Gasteiger partial charge in [0.25, 0.3) is 0 Å². The highest BCUT2D eigenvalue weighted by molar-refractivity contribution is 5.84. The molecule has 0 spiro atoms. The Kier molecular flexibility index (Phi) is 4.37. The summed E-state index contributed by atoms with van der Waals surface area (Å²) in [5.41, 5.74) is -0.993. The summed E-state index contributed by atoms with van der Waals surface area (Å²) >= 11 is 0. The van der Waals surface area contributed by atoms with Crippen LogP contribution in [0.25, 0.3) is 0 Å². The van der Waals surface area contributed by atoms with Gasteiger partial charge in [0.05, 0.1) is 18.8 Å². The lowest BCUT2D eigenvalue weighted by atomic mass is 9.90. The molecule has 1 aliphatic heterocycles. The molecule has 7 nitrogen and oxygen atoms in total. The van der Waals surface area contributed by atoms with Crippen molar-refractivity contribution in [2.45, 2.75) is 38.5 Å². The molecule has 2 N–H and O–H groups in total. The topological polar surface area (TPSA) is 91.8 Å². The molecule has 1 fully saturated rings. The van der Waals surface area contributed by atoms with E-state index in [1.165, 1.54) is 4.90 Å². The van der Waals surface area contributed by atoms with Crippen LogP contribution in [0.4, 0.5) is 4.79 Å². The molecule has 0 saturated carbocycles. The zero-order valence-corrected chi connectivity index (χ0v) is 13.0. The van der Waals surface area contributed by atoms with Gasteiger partial charge in [-0.25, -0.2) is 4.79 Å². The maximum atomic E-state index is 11.9. The number of amides is 1. The monoisotopic (exact) mass is 307 g/mol. The third-order valence-electron chi connectivity index (χ3n) is 3.32. The minimum atomic E-state index is -1.14. The first-order valence-corrected chi connectivity index (χ1v) is 7.08. The van der Waals surface area contributed by atoms with Gasteiger partial charge in [0.2, 0.25) is 0 Å². The van der Waals surface area contributed by atoms with E-state index in [0.29, 0.717) is 6.54 Å². The van der Waals surface area contributed by atoms with Gasteiger partial charge < -0.3 is 14.7 Å². The Morgan fingerprint density at radius 3 is 2.59 bits per heavy atom. The number of carbonyl (C=O) groups is 2. The van der Waals surface area contributed by atoms with Gasteiger partial charge in [0.1, 0.15) is 5.60 Å². The summed E-state index contributed by atoms with van der Waals surface area (Å²) in [4.78, 5) is 28.9. The summed E-state index contributed by atoms with van der Waals surface area (Å²) in [5, 5.41) is 12.4. The predicted molar refractivity (Wildman–Crippen MR) is 79.3 cm³/mol. The Morgan fingerprint density at radius 2 is 2.09 bits per heavy atom. The fourth-order valence-electron chi connectivity index (χ4n) is 2.15. The van der Waals surface area contributed by atoms with Crippen molar-refractivity contribution < 1.29 is 19.4 Å². The van der Waals surface area contributed by atoms with Crippen LogP contribution in [0.3, 0.4) is 0 Å². The standard InChI is InChI=1S/C15H21N3O4/c1-14(2,3)22-13(21)18-9-15(10-18,12(19)20)17-8-11-6-4-5-7-16-11/h4-7,17H,8-10H2,1-3H3,(H,19,20). The van der Waals surface area contributed by atoms with Crippen molar-refractivity contribution in [2.24, 2.45) is 0 Å². The van der Waals surface area contributed by atoms with Crippen LogP contribution in [0.15, 0.2) is 24.4 Å². The summed E-state index contributed by atoms with van der Waals surface area (Å²) in [5.74, 6) is -0.983. The van der Waals surface area contributed by atoms with E-state index < -0.39 is 23.2 Å². The number of likely N-dealkylation sites (tertiary alicyclic amines) is 1. The van der Waals surface area contributed by atoms with Crippen LogP contribution < -0.4 is 5.32 Å². The van der Waals surface area contributed by atoms with E-state index in [9.17, 15) is 14.7 Å². The molecule has 1 saturated heterocycles. The minimum Gasteiger partial charge on any atom is -0.480 e. The summed E-state index contributed by atoms with van der Waals surface area (Å²) in [7, 11) is 0. The van der Waals surface area contributed by atoms with Crippen LogP contribution in [0.1, 0.15) is 26.5 Å². The number of aliphatic carboxylic acids is 1. The number of carboxylic acids is 1. The second kappa shape index (κ2) is 5.92. The van der Waals surface area contributed by atoms with Crippen LogP contribution in [0.5, 0.6) is 0 Å². The number of nitrogens with zero attached hydrogens (tertiary/aromatic N) is 2. The smallest absolute Gasteiger partial charge is 0.410 e. The van der Waals surface area contributed by atoms with Crippen molar-refractivity contribution in [3.8, 4) is 0 Å². The lowest BCUT2D eigenvalue weighted by Crippen LogP contribution is -2.74. The molecule has 1 aliphatic rings. The maximum absolute atomic E-state index is 11.9. The van der Waals surface area contributed by atoms with Crippen molar-refractivity contribution in [3.63, 3.8) is 0 Å². The van der Waals surface area contributed by atoms with Gasteiger partial charge in [0, 0.05) is 12.7 Å². The second-order valence-electron chi connectivity index (χ2n) is 6.40. The molecule has 0 radical (unpaired) electrons. The number of rotatable bonds is 4. The summed E-state index contributed by atoms with van der Waals surface area (Å²) < 4.78 is 5.23. The number of nitrogens with one attached hydrogen (secondary N) is 1. The quantitative estimate of drug-likeness (QED) is 0.869. The van der Waals surface area contributed by atoms with Gasteiger partial charge >= 0.3 is 12.1 Å². The third-order valence-corrected chi connectivity index (χ3v) is 3.32. The van der Waals surface area contributed by atoms with Gasteiger partial charge in [0.15, 0.2) is 5.54 Å². The van der Waals surface area contributed by atoms with Gasteiger partial charge in [-0.15, -0.1) is 0 Å². The number of hydrogen-bond donors (Lipinski definition) is 2. The lowest BCUT2D eigenvalue weighted by Gasteiger charge is -2.47. The highest BCUT2D eigenvalue weighted by Gasteiger charge is 2.52. The molecule has 120 valence electrons. The summed E-state index contributed by atoms with van der Waals surface area (Å²) in [6.07, 6.45) is 1.15. The van der Waals surface area contributed by atoms with Gasteiger partial charge in [-0.1, -0.05) is 6.07 Å². The number of carbonyl (C=O) groups excluding carboxylic acids is 1. The van der Waals surface area contributed by atoms with Crippen LogP contribution in [0.2, 0.25) is 0 Å². The van der Waals surface area contributed by atoms with Crippen molar-refractivity contribution in [1.82, 2.24) is 15.2 Å². The number of pyridine rings is 1. The number of carboxylic acid groups (broad SMARTS) is 1. The van der Waals surface area contributed by atoms with Crippen LogP contribution in [-0.2, 0) is 16.1 Å². The molecule has 0 atom stereocenters. The zero-order chi connectivity index (χ0) is 16.4. The Hall–Kier alpha value is -2.15. The van der Waals surface area contributed by atoms with Gasteiger partial charge in [-0.2, -0.15) is 0 Å². The summed E-state index contributed by atoms with van der Waals surface area (Å²) in [6, 6.07) is 5.45. The molecule has 0 aliphatic carbocycles. The third kappa shape index (κ3) is 3.73. The normalized spacial score (nSPS) is 16.8. The van der Waals surface area contributed by atoms with Crippen molar-refractivity contribution >= 4 is 12.1 Å². The molecular weight excluding hydrogens is 286 g/mol. The first-order valence-electron chi connectivity index (χ1n) is 7.08. The van der Waals surface area contributed by atoms with Gasteiger partial charge in [-0.05, 0) is 32.9 Å². The van der Waals surface area contributed by atoms with Crippen molar-refractivity contribution in [1.29, 1.82) is 0 Å². The molecule has 0 bridgehead atoms. The van der Waals surface area contributed by atoms with Crippen LogP contribution >= 0.6 is 0 Å². The van der Waals surface area contributed by atoms with E-state index in [4.69, 9.17) is 4.74 Å². The van der Waals surface area contributed by atoms with E-state index in [1.807, 2.05) is 12.1 Å². The molecule has 1 amide bonds. The van der Waals surface area contributed by atoms with E-state index >= 15 is 0 Å². The number of aromatic nitrogens is 1. The molecule has 7 heteroatoms. The van der Waals surface area contributed by atoms with E-state index in [-0.39, 0.29) is 13.1 Å². The zero-order valence-electron chi connectivity index (χ0n) is 13.0. The first kappa shape index (κ1) is 16.2.